The second-order valence-electron chi connectivity index (χ2n) is 8.48. The quantitative estimate of drug-likeness (QED) is 0.576. The molecule has 0 spiro atoms. The lowest BCUT2D eigenvalue weighted by molar-refractivity contribution is 0.356. The SMILES string of the molecule is CCc1ccc(N=Cc2ccc3c(c2)C(C)CC(C)(C)N3C(C)C)cc1. The first kappa shape index (κ1) is 18.7. The van der Waals surface area contributed by atoms with Gasteiger partial charge in [-0.15, -0.1) is 0 Å². The van der Waals surface area contributed by atoms with E-state index in [2.05, 4.69) is 93.9 Å². The Morgan fingerprint density at radius 3 is 2.46 bits per heavy atom. The summed E-state index contributed by atoms with van der Waals surface area (Å²) in [4.78, 5) is 7.25. The summed E-state index contributed by atoms with van der Waals surface area (Å²) in [5.41, 5.74) is 6.56. The molecule has 2 aromatic carbocycles. The highest BCUT2D eigenvalue weighted by molar-refractivity contribution is 5.83. The third-order valence-corrected chi connectivity index (χ3v) is 5.52. The van der Waals surface area contributed by atoms with Crippen LogP contribution < -0.4 is 4.90 Å². The Balaban J connectivity index is 1.90. The zero-order chi connectivity index (χ0) is 18.9. The Kier molecular flexibility index (Phi) is 5.22. The van der Waals surface area contributed by atoms with Crippen LogP contribution in [0.1, 0.15) is 70.6 Å². The van der Waals surface area contributed by atoms with Crippen molar-refractivity contribution < 1.29 is 0 Å². The monoisotopic (exact) mass is 348 g/mol. The summed E-state index contributed by atoms with van der Waals surface area (Å²) in [6, 6.07) is 15.8. The lowest BCUT2D eigenvalue weighted by atomic mass is 9.79. The standard InChI is InChI=1S/C24H32N2/c1-7-19-8-11-21(12-9-19)25-16-20-10-13-23-22(14-20)18(4)15-24(5,6)26(23)17(2)3/h8-14,16-18H,7,15H2,1-6H3. The van der Waals surface area contributed by atoms with E-state index in [1.165, 1.54) is 28.8 Å². The van der Waals surface area contributed by atoms with Crippen LogP contribution in [0.3, 0.4) is 0 Å². The average Bonchev–Trinajstić information content (AvgIpc) is 2.59. The first-order valence-electron chi connectivity index (χ1n) is 9.88. The number of fused-ring (bicyclic) bond motifs is 1. The van der Waals surface area contributed by atoms with Crippen LogP contribution in [0.15, 0.2) is 47.5 Å². The molecule has 0 aliphatic carbocycles. The number of aliphatic imine (C=N–C) groups is 1. The van der Waals surface area contributed by atoms with E-state index < -0.39 is 0 Å². The lowest BCUT2D eigenvalue weighted by Gasteiger charge is -2.50. The highest BCUT2D eigenvalue weighted by atomic mass is 15.2. The predicted molar refractivity (Wildman–Crippen MR) is 114 cm³/mol. The first-order chi connectivity index (χ1) is 12.3. The molecule has 1 heterocycles. The van der Waals surface area contributed by atoms with E-state index in [1.807, 2.05) is 6.21 Å². The van der Waals surface area contributed by atoms with E-state index in [9.17, 15) is 0 Å². The third-order valence-electron chi connectivity index (χ3n) is 5.52. The van der Waals surface area contributed by atoms with Crippen LogP contribution in [-0.2, 0) is 6.42 Å². The number of anilines is 1. The molecule has 1 aliphatic heterocycles. The van der Waals surface area contributed by atoms with Crippen LogP contribution in [0, 0.1) is 0 Å². The molecule has 26 heavy (non-hydrogen) atoms. The van der Waals surface area contributed by atoms with E-state index in [1.54, 1.807) is 0 Å². The molecule has 0 aromatic heterocycles. The molecule has 0 N–H and O–H groups in total. The van der Waals surface area contributed by atoms with Gasteiger partial charge in [-0.1, -0.05) is 32.0 Å². The lowest BCUT2D eigenvalue weighted by Crippen LogP contribution is -2.51. The molecule has 0 radical (unpaired) electrons. The highest BCUT2D eigenvalue weighted by Crippen LogP contribution is 2.44. The summed E-state index contributed by atoms with van der Waals surface area (Å²) in [6.07, 6.45) is 4.24. The van der Waals surface area contributed by atoms with Crippen molar-refractivity contribution in [3.8, 4) is 0 Å². The van der Waals surface area contributed by atoms with Crippen molar-refractivity contribution in [2.24, 2.45) is 4.99 Å². The predicted octanol–water partition coefficient (Wildman–Crippen LogP) is 6.50. The van der Waals surface area contributed by atoms with Gasteiger partial charge in [0.25, 0.3) is 0 Å². The Hall–Kier alpha value is -2.09. The number of nitrogens with zero attached hydrogens (tertiary/aromatic N) is 2. The highest BCUT2D eigenvalue weighted by Gasteiger charge is 2.37. The van der Waals surface area contributed by atoms with Crippen LogP contribution in [0.2, 0.25) is 0 Å². The maximum absolute atomic E-state index is 4.67. The Morgan fingerprint density at radius 2 is 1.85 bits per heavy atom. The maximum Gasteiger partial charge on any atom is 0.0630 e. The largest absolute Gasteiger partial charge is 0.364 e. The van der Waals surface area contributed by atoms with Crippen molar-refractivity contribution in [1.82, 2.24) is 0 Å². The maximum atomic E-state index is 4.67. The van der Waals surface area contributed by atoms with Gasteiger partial charge in [-0.3, -0.25) is 4.99 Å². The number of rotatable bonds is 4. The molecule has 1 aliphatic rings. The Bertz CT molecular complexity index is 784. The second kappa shape index (κ2) is 7.26. The minimum Gasteiger partial charge on any atom is -0.364 e. The number of benzene rings is 2. The second-order valence-corrected chi connectivity index (χ2v) is 8.48. The first-order valence-corrected chi connectivity index (χ1v) is 9.88. The van der Waals surface area contributed by atoms with Gasteiger partial charge in [-0.2, -0.15) is 0 Å². The molecule has 0 saturated heterocycles. The minimum atomic E-state index is 0.192. The fraction of sp³-hybridized carbons (Fsp3) is 0.458. The van der Waals surface area contributed by atoms with Crippen molar-refractivity contribution in [2.45, 2.75) is 71.9 Å². The van der Waals surface area contributed by atoms with Crippen LogP contribution in [0.25, 0.3) is 0 Å². The van der Waals surface area contributed by atoms with E-state index in [-0.39, 0.29) is 5.54 Å². The summed E-state index contributed by atoms with van der Waals surface area (Å²) >= 11 is 0. The number of hydrogen-bond donors (Lipinski definition) is 0. The number of aryl methyl sites for hydroxylation is 1. The summed E-state index contributed by atoms with van der Waals surface area (Å²) in [5, 5.41) is 0. The van der Waals surface area contributed by atoms with Crippen LogP contribution in [0.5, 0.6) is 0 Å². The van der Waals surface area contributed by atoms with E-state index in [0.717, 1.165) is 12.1 Å². The molecule has 2 heteroatoms. The molecule has 138 valence electrons. The molecule has 1 atom stereocenters. The number of hydrogen-bond acceptors (Lipinski definition) is 2. The van der Waals surface area contributed by atoms with Gasteiger partial charge in [0.2, 0.25) is 0 Å². The summed E-state index contributed by atoms with van der Waals surface area (Å²) < 4.78 is 0. The van der Waals surface area contributed by atoms with Gasteiger partial charge < -0.3 is 4.90 Å². The molecular weight excluding hydrogens is 316 g/mol. The van der Waals surface area contributed by atoms with Gasteiger partial charge in [0, 0.05) is 23.5 Å². The zero-order valence-electron chi connectivity index (χ0n) is 17.1. The van der Waals surface area contributed by atoms with Crippen molar-refractivity contribution in [3.63, 3.8) is 0 Å². The summed E-state index contributed by atoms with van der Waals surface area (Å²) in [7, 11) is 0. The minimum absolute atomic E-state index is 0.192. The van der Waals surface area contributed by atoms with Crippen LogP contribution >= 0.6 is 0 Å². The zero-order valence-corrected chi connectivity index (χ0v) is 17.1. The van der Waals surface area contributed by atoms with Gasteiger partial charge in [-0.05, 0) is 87.4 Å². The molecule has 0 amide bonds. The van der Waals surface area contributed by atoms with E-state index in [0.29, 0.717) is 12.0 Å². The van der Waals surface area contributed by atoms with Crippen molar-refractivity contribution >= 4 is 17.6 Å². The average molecular weight is 349 g/mol. The molecule has 0 saturated carbocycles. The van der Waals surface area contributed by atoms with E-state index in [4.69, 9.17) is 0 Å². The van der Waals surface area contributed by atoms with Crippen molar-refractivity contribution in [3.05, 3.63) is 59.2 Å². The molecular formula is C24H32N2. The fourth-order valence-corrected chi connectivity index (χ4v) is 4.50. The summed E-state index contributed by atoms with van der Waals surface area (Å²) in [6.45, 7) is 13.8. The van der Waals surface area contributed by atoms with Crippen molar-refractivity contribution in [2.75, 3.05) is 4.90 Å². The van der Waals surface area contributed by atoms with E-state index >= 15 is 0 Å². The molecule has 3 rings (SSSR count). The topological polar surface area (TPSA) is 15.6 Å². The Morgan fingerprint density at radius 1 is 1.15 bits per heavy atom. The molecule has 2 aromatic rings. The van der Waals surface area contributed by atoms with Gasteiger partial charge in [0.1, 0.15) is 0 Å². The van der Waals surface area contributed by atoms with Gasteiger partial charge >= 0.3 is 0 Å². The molecule has 0 fully saturated rings. The normalized spacial score (nSPS) is 19.2. The molecule has 2 nitrogen and oxygen atoms in total. The summed E-state index contributed by atoms with van der Waals surface area (Å²) in [5.74, 6) is 0.562. The van der Waals surface area contributed by atoms with Crippen molar-refractivity contribution in [1.29, 1.82) is 0 Å². The fourth-order valence-electron chi connectivity index (χ4n) is 4.50. The molecule has 1 unspecified atom stereocenters. The Labute approximate surface area is 159 Å². The molecule has 0 bridgehead atoms. The van der Waals surface area contributed by atoms with Crippen LogP contribution in [-0.4, -0.2) is 17.8 Å². The smallest absolute Gasteiger partial charge is 0.0630 e. The van der Waals surface area contributed by atoms with Crippen LogP contribution in [0.4, 0.5) is 11.4 Å². The van der Waals surface area contributed by atoms with Gasteiger partial charge in [0.05, 0.1) is 5.69 Å². The van der Waals surface area contributed by atoms with Gasteiger partial charge in [-0.25, -0.2) is 0 Å². The third kappa shape index (κ3) is 3.70. The van der Waals surface area contributed by atoms with Gasteiger partial charge in [0.15, 0.2) is 0 Å².